The molecule has 4 aromatic carbocycles. The largest absolute Gasteiger partial charge is 0.481 e. The van der Waals surface area contributed by atoms with Gasteiger partial charge in [0.25, 0.3) is 0 Å². The fraction of sp³-hybridized carbons (Fsp3) is 0.152. The second-order valence-corrected chi connectivity index (χ2v) is 10.1. The molecule has 2 unspecified atom stereocenters. The molecule has 0 spiro atoms. The quantitative estimate of drug-likeness (QED) is 0.304. The highest BCUT2D eigenvalue weighted by atomic mass is 16.5. The molecular weight excluding hydrogens is 426 g/mol. The minimum atomic E-state index is -0.107. The third-order valence-electron chi connectivity index (χ3n) is 7.77. The van der Waals surface area contributed by atoms with Crippen LogP contribution in [-0.2, 0) is 5.41 Å². The van der Waals surface area contributed by atoms with Crippen molar-refractivity contribution in [1.82, 2.24) is 0 Å². The molecule has 1 heterocycles. The molecule has 1 aliphatic heterocycles. The van der Waals surface area contributed by atoms with Crippen molar-refractivity contribution in [3.05, 3.63) is 126 Å². The van der Waals surface area contributed by atoms with Crippen molar-refractivity contribution in [2.45, 2.75) is 31.4 Å². The minimum absolute atomic E-state index is 0.0568. The van der Waals surface area contributed by atoms with Crippen LogP contribution in [0.1, 0.15) is 25.0 Å². The molecular formula is C33H27NO. The Balaban J connectivity index is 1.61. The molecule has 2 aliphatic carbocycles. The van der Waals surface area contributed by atoms with Crippen molar-refractivity contribution in [3.8, 4) is 28.0 Å². The third-order valence-corrected chi connectivity index (χ3v) is 7.77. The van der Waals surface area contributed by atoms with Crippen LogP contribution in [0.4, 0.5) is 11.4 Å². The van der Waals surface area contributed by atoms with Crippen LogP contribution in [0.2, 0.25) is 0 Å². The SMILES string of the molecule is CC1(C)c2ccccc2-c2c1cc(-c1ccccc1)c1c2OC2C=CC=CC2N1c1ccccc1. The minimum Gasteiger partial charge on any atom is -0.481 e. The molecule has 2 atom stereocenters. The topological polar surface area (TPSA) is 12.5 Å². The van der Waals surface area contributed by atoms with E-state index in [9.17, 15) is 0 Å². The molecule has 3 aliphatic rings. The van der Waals surface area contributed by atoms with Crippen LogP contribution in [-0.4, -0.2) is 12.1 Å². The highest BCUT2D eigenvalue weighted by Crippen LogP contribution is 2.60. The maximum absolute atomic E-state index is 6.96. The summed E-state index contributed by atoms with van der Waals surface area (Å²) in [5.74, 6) is 0.990. The van der Waals surface area contributed by atoms with E-state index in [1.165, 1.54) is 39.1 Å². The first-order valence-electron chi connectivity index (χ1n) is 12.4. The zero-order valence-electron chi connectivity index (χ0n) is 20.0. The molecule has 7 rings (SSSR count). The number of hydrogen-bond donors (Lipinski definition) is 0. The molecule has 0 bridgehead atoms. The summed E-state index contributed by atoms with van der Waals surface area (Å²) in [7, 11) is 0. The van der Waals surface area contributed by atoms with Crippen molar-refractivity contribution in [2.24, 2.45) is 0 Å². The maximum atomic E-state index is 6.96. The van der Waals surface area contributed by atoms with Gasteiger partial charge in [0.2, 0.25) is 0 Å². The summed E-state index contributed by atoms with van der Waals surface area (Å²) in [5.41, 5.74) is 9.85. The Morgan fingerprint density at radius 2 is 1.40 bits per heavy atom. The lowest BCUT2D eigenvalue weighted by Gasteiger charge is -2.44. The van der Waals surface area contributed by atoms with Gasteiger partial charge >= 0.3 is 0 Å². The highest BCUT2D eigenvalue weighted by Gasteiger charge is 2.44. The van der Waals surface area contributed by atoms with E-state index in [4.69, 9.17) is 4.74 Å². The Bertz CT molecular complexity index is 1500. The number of benzene rings is 4. The molecule has 0 fully saturated rings. The number of anilines is 2. The molecule has 4 aromatic rings. The number of allylic oxidation sites excluding steroid dienone is 2. The lowest BCUT2D eigenvalue weighted by atomic mass is 9.80. The van der Waals surface area contributed by atoms with Crippen molar-refractivity contribution in [2.75, 3.05) is 4.90 Å². The predicted molar refractivity (Wildman–Crippen MR) is 145 cm³/mol. The zero-order valence-corrected chi connectivity index (χ0v) is 20.0. The van der Waals surface area contributed by atoms with Crippen LogP contribution in [0.3, 0.4) is 0 Å². The van der Waals surface area contributed by atoms with Gasteiger partial charge in [0.05, 0.1) is 11.7 Å². The summed E-state index contributed by atoms with van der Waals surface area (Å²) >= 11 is 0. The molecule has 0 saturated carbocycles. The standard InChI is InChI=1S/C33H27NO/c1-33(2)26-18-10-9-17-24(26)30-27(33)21-25(22-13-5-3-6-14-22)31-32(30)35-29-20-12-11-19-28(29)34(31)23-15-7-4-8-16-23/h3-21,28-29H,1-2H3. The first-order valence-corrected chi connectivity index (χ1v) is 12.4. The van der Waals surface area contributed by atoms with E-state index in [0.717, 1.165) is 11.4 Å². The van der Waals surface area contributed by atoms with Crippen molar-refractivity contribution >= 4 is 11.4 Å². The molecule has 0 saturated heterocycles. The predicted octanol–water partition coefficient (Wildman–Crippen LogP) is 8.05. The number of rotatable bonds is 2. The van der Waals surface area contributed by atoms with Crippen molar-refractivity contribution in [3.63, 3.8) is 0 Å². The van der Waals surface area contributed by atoms with Gasteiger partial charge in [0.15, 0.2) is 5.75 Å². The Morgan fingerprint density at radius 3 is 2.20 bits per heavy atom. The fourth-order valence-corrected chi connectivity index (χ4v) is 6.08. The summed E-state index contributed by atoms with van der Waals surface area (Å²) in [5, 5.41) is 0. The van der Waals surface area contributed by atoms with Crippen LogP contribution in [0.25, 0.3) is 22.3 Å². The summed E-state index contributed by atoms with van der Waals surface area (Å²) in [4.78, 5) is 2.49. The first-order chi connectivity index (χ1) is 17.1. The van der Waals surface area contributed by atoms with Crippen LogP contribution < -0.4 is 9.64 Å². The summed E-state index contributed by atoms with van der Waals surface area (Å²) in [6.07, 6.45) is 8.64. The van der Waals surface area contributed by atoms with Crippen LogP contribution in [0, 0.1) is 0 Å². The highest BCUT2D eigenvalue weighted by molar-refractivity contribution is 5.99. The van der Waals surface area contributed by atoms with Crippen molar-refractivity contribution < 1.29 is 4.74 Å². The lowest BCUT2D eigenvalue weighted by molar-refractivity contribution is 0.219. The second kappa shape index (κ2) is 7.48. The molecule has 0 aromatic heterocycles. The molecule has 0 N–H and O–H groups in total. The van der Waals surface area contributed by atoms with Crippen LogP contribution >= 0.6 is 0 Å². The smallest absolute Gasteiger partial charge is 0.152 e. The van der Waals surface area contributed by atoms with Gasteiger partial charge in [-0.05, 0) is 46.5 Å². The first kappa shape index (κ1) is 20.3. The van der Waals surface area contributed by atoms with Crippen LogP contribution in [0.5, 0.6) is 5.75 Å². The Hall–Kier alpha value is -4.04. The molecule has 35 heavy (non-hydrogen) atoms. The van der Waals surface area contributed by atoms with E-state index in [2.05, 4.69) is 134 Å². The Labute approximate surface area is 206 Å². The third kappa shape index (κ3) is 2.89. The van der Waals surface area contributed by atoms with E-state index in [1.807, 2.05) is 0 Å². The Kier molecular flexibility index (Phi) is 4.35. The van der Waals surface area contributed by atoms with Gasteiger partial charge in [-0.3, -0.25) is 0 Å². The molecule has 170 valence electrons. The number of hydrogen-bond acceptors (Lipinski definition) is 2. The number of fused-ring (bicyclic) bond motifs is 6. The van der Waals surface area contributed by atoms with Crippen molar-refractivity contribution in [1.29, 1.82) is 0 Å². The Morgan fingerprint density at radius 1 is 0.714 bits per heavy atom. The average Bonchev–Trinajstić information content (AvgIpc) is 3.14. The molecule has 2 heteroatoms. The second-order valence-electron chi connectivity index (χ2n) is 10.1. The number of ether oxygens (including phenoxy) is 1. The van der Waals surface area contributed by atoms with Crippen LogP contribution in [0.15, 0.2) is 115 Å². The molecule has 0 radical (unpaired) electrons. The zero-order chi connectivity index (χ0) is 23.6. The summed E-state index contributed by atoms with van der Waals surface area (Å²) in [6.45, 7) is 4.67. The number of nitrogens with zero attached hydrogens (tertiary/aromatic N) is 1. The molecule has 0 amide bonds. The maximum Gasteiger partial charge on any atom is 0.152 e. The van der Waals surface area contributed by atoms with Gasteiger partial charge in [-0.25, -0.2) is 0 Å². The van der Waals surface area contributed by atoms with E-state index >= 15 is 0 Å². The van der Waals surface area contributed by atoms with Gasteiger partial charge in [-0.15, -0.1) is 0 Å². The fourth-order valence-electron chi connectivity index (χ4n) is 6.08. The average molecular weight is 454 g/mol. The normalized spacial score (nSPS) is 20.5. The van der Waals surface area contributed by atoms with E-state index in [-0.39, 0.29) is 17.6 Å². The van der Waals surface area contributed by atoms with E-state index in [1.54, 1.807) is 0 Å². The van der Waals surface area contributed by atoms with Gasteiger partial charge in [-0.2, -0.15) is 0 Å². The number of para-hydroxylation sites is 1. The van der Waals surface area contributed by atoms with E-state index < -0.39 is 0 Å². The lowest BCUT2D eigenvalue weighted by Crippen LogP contribution is -2.46. The van der Waals surface area contributed by atoms with Gasteiger partial charge in [0, 0.05) is 22.2 Å². The van der Waals surface area contributed by atoms with Gasteiger partial charge in [-0.1, -0.05) is 105 Å². The summed E-state index contributed by atoms with van der Waals surface area (Å²) < 4.78 is 6.96. The summed E-state index contributed by atoms with van der Waals surface area (Å²) in [6, 6.07) is 32.8. The van der Waals surface area contributed by atoms with Gasteiger partial charge < -0.3 is 9.64 Å². The van der Waals surface area contributed by atoms with Gasteiger partial charge in [0.1, 0.15) is 6.10 Å². The van der Waals surface area contributed by atoms with E-state index in [0.29, 0.717) is 0 Å². The molecule has 2 nitrogen and oxygen atoms in total. The monoisotopic (exact) mass is 453 g/mol.